The third-order valence-corrected chi connectivity index (χ3v) is 5.63. The summed E-state index contributed by atoms with van der Waals surface area (Å²) in [6.07, 6.45) is 1.32. The van der Waals surface area contributed by atoms with Crippen molar-refractivity contribution in [1.29, 1.82) is 0 Å². The molecule has 1 saturated heterocycles. The Kier molecular flexibility index (Phi) is 6.93. The second kappa shape index (κ2) is 10.2. The molecule has 0 bridgehead atoms. The second-order valence-electron chi connectivity index (χ2n) is 7.58. The first-order valence-corrected chi connectivity index (χ1v) is 11.0. The van der Waals surface area contributed by atoms with Gasteiger partial charge in [0.1, 0.15) is 11.3 Å². The van der Waals surface area contributed by atoms with Crippen LogP contribution in [0, 0.1) is 6.92 Å². The van der Waals surface area contributed by atoms with E-state index in [0.29, 0.717) is 21.8 Å². The molecule has 2 N–H and O–H groups in total. The number of nitrogens with zero attached hydrogens (tertiary/aromatic N) is 1. The molecule has 4 rings (SSSR count). The number of anilines is 2. The zero-order valence-corrected chi connectivity index (χ0v) is 19.3. The molecule has 8 nitrogen and oxygen atoms in total. The Bertz CT molecular complexity index is 1350. The van der Waals surface area contributed by atoms with Crippen molar-refractivity contribution in [3.05, 3.63) is 94.5 Å². The van der Waals surface area contributed by atoms with Crippen LogP contribution < -0.4 is 20.3 Å². The van der Waals surface area contributed by atoms with E-state index >= 15 is 0 Å². The maximum absolute atomic E-state index is 13.2. The second-order valence-corrected chi connectivity index (χ2v) is 7.99. The molecule has 0 aliphatic carbocycles. The summed E-state index contributed by atoms with van der Waals surface area (Å²) in [5.41, 5.74) is 1.52. The number of benzene rings is 3. The van der Waals surface area contributed by atoms with E-state index in [1.54, 1.807) is 73.7 Å². The van der Waals surface area contributed by atoms with Gasteiger partial charge in [-0.25, -0.2) is 9.69 Å². The summed E-state index contributed by atoms with van der Waals surface area (Å²) in [6, 6.07) is 19.5. The average molecular weight is 490 g/mol. The summed E-state index contributed by atoms with van der Waals surface area (Å²) < 4.78 is 5.65. The van der Waals surface area contributed by atoms with Crippen LogP contribution in [0.25, 0.3) is 6.08 Å². The highest BCUT2D eigenvalue weighted by molar-refractivity contribution is 6.40. The summed E-state index contributed by atoms with van der Waals surface area (Å²) in [5, 5.41) is 5.27. The molecule has 9 heteroatoms. The van der Waals surface area contributed by atoms with E-state index in [0.717, 1.165) is 4.90 Å². The van der Waals surface area contributed by atoms with Gasteiger partial charge in [0.25, 0.3) is 17.7 Å². The lowest BCUT2D eigenvalue weighted by atomic mass is 10.0. The topological polar surface area (TPSA) is 105 Å². The van der Waals surface area contributed by atoms with Gasteiger partial charge < -0.3 is 10.1 Å². The molecule has 1 aliphatic heterocycles. The molecule has 3 aromatic carbocycles. The third kappa shape index (κ3) is 5.23. The number of carbonyl (C=O) groups is 4. The number of urea groups is 1. The molecule has 5 amide bonds. The lowest BCUT2D eigenvalue weighted by Gasteiger charge is -2.27. The fraction of sp³-hybridized carbons (Fsp3) is 0.0769. The minimum atomic E-state index is -0.871. The number of hydrogen-bond acceptors (Lipinski definition) is 5. The minimum Gasteiger partial charge on any atom is -0.483 e. The van der Waals surface area contributed by atoms with Crippen LogP contribution in [0.4, 0.5) is 16.2 Å². The van der Waals surface area contributed by atoms with Gasteiger partial charge in [-0.15, -0.1) is 0 Å². The summed E-state index contributed by atoms with van der Waals surface area (Å²) in [4.78, 5) is 51.4. The van der Waals surface area contributed by atoms with Gasteiger partial charge in [-0.05, 0) is 48.9 Å². The predicted molar refractivity (Wildman–Crippen MR) is 132 cm³/mol. The van der Waals surface area contributed by atoms with Gasteiger partial charge in [0.05, 0.1) is 5.69 Å². The molecule has 0 saturated carbocycles. The highest BCUT2D eigenvalue weighted by Crippen LogP contribution is 2.30. The Morgan fingerprint density at radius 3 is 2.49 bits per heavy atom. The number of carbonyl (C=O) groups excluding carboxylic acids is 4. The van der Waals surface area contributed by atoms with Crippen molar-refractivity contribution in [3.8, 4) is 5.75 Å². The van der Waals surface area contributed by atoms with Gasteiger partial charge in [-0.3, -0.25) is 19.7 Å². The van der Waals surface area contributed by atoms with Gasteiger partial charge in [0.2, 0.25) is 0 Å². The maximum atomic E-state index is 13.2. The van der Waals surface area contributed by atoms with E-state index in [1.807, 2.05) is 6.07 Å². The average Bonchev–Trinajstić information content (AvgIpc) is 2.84. The molecule has 1 fully saturated rings. The number of para-hydroxylation sites is 2. The van der Waals surface area contributed by atoms with Crippen molar-refractivity contribution in [3.63, 3.8) is 0 Å². The Morgan fingerprint density at radius 1 is 1.00 bits per heavy atom. The fourth-order valence-electron chi connectivity index (χ4n) is 3.46. The number of barbiturate groups is 1. The summed E-state index contributed by atoms with van der Waals surface area (Å²) in [6.45, 7) is 1.38. The van der Waals surface area contributed by atoms with Gasteiger partial charge in [0, 0.05) is 16.3 Å². The summed E-state index contributed by atoms with van der Waals surface area (Å²) in [5.74, 6) is -1.74. The molecule has 3 aromatic rings. The van der Waals surface area contributed by atoms with E-state index in [1.165, 1.54) is 6.08 Å². The number of halogens is 1. The number of imide groups is 2. The number of ether oxygens (including phenoxy) is 1. The van der Waals surface area contributed by atoms with Crippen LogP contribution in [0.15, 0.2) is 78.4 Å². The van der Waals surface area contributed by atoms with E-state index < -0.39 is 17.8 Å². The molecule has 1 aliphatic rings. The summed E-state index contributed by atoms with van der Waals surface area (Å²) >= 11 is 6.16. The molecule has 0 spiro atoms. The zero-order chi connectivity index (χ0) is 24.9. The SMILES string of the molecule is Cc1c(Cl)cccc1N1C(=O)NC(=O)/C(=C\c2ccccc2OCC(=O)Nc2ccccc2)C1=O. The zero-order valence-electron chi connectivity index (χ0n) is 18.6. The molecule has 0 radical (unpaired) electrons. The van der Waals surface area contributed by atoms with Crippen LogP contribution in [-0.2, 0) is 14.4 Å². The summed E-state index contributed by atoms with van der Waals surface area (Å²) in [7, 11) is 0. The number of rotatable bonds is 6. The van der Waals surface area contributed by atoms with Gasteiger partial charge in [-0.1, -0.05) is 54.1 Å². The van der Waals surface area contributed by atoms with Crippen LogP contribution in [0.2, 0.25) is 5.02 Å². The predicted octanol–water partition coefficient (Wildman–Crippen LogP) is 4.33. The number of amides is 5. The highest BCUT2D eigenvalue weighted by atomic mass is 35.5. The molecule has 176 valence electrons. The monoisotopic (exact) mass is 489 g/mol. The lowest BCUT2D eigenvalue weighted by molar-refractivity contribution is -0.122. The first-order valence-electron chi connectivity index (χ1n) is 10.6. The third-order valence-electron chi connectivity index (χ3n) is 5.22. The maximum Gasteiger partial charge on any atom is 0.335 e. The van der Waals surface area contributed by atoms with E-state index in [9.17, 15) is 19.2 Å². The lowest BCUT2D eigenvalue weighted by Crippen LogP contribution is -2.54. The van der Waals surface area contributed by atoms with Crippen molar-refractivity contribution in [2.45, 2.75) is 6.92 Å². The first kappa shape index (κ1) is 23.7. The fourth-order valence-corrected chi connectivity index (χ4v) is 3.63. The largest absolute Gasteiger partial charge is 0.483 e. The molecule has 0 atom stereocenters. The van der Waals surface area contributed by atoms with Crippen molar-refractivity contribution >= 4 is 52.8 Å². The van der Waals surface area contributed by atoms with E-state index in [-0.39, 0.29) is 29.5 Å². The van der Waals surface area contributed by atoms with Crippen LogP contribution >= 0.6 is 11.6 Å². The van der Waals surface area contributed by atoms with Crippen molar-refractivity contribution in [2.75, 3.05) is 16.8 Å². The van der Waals surface area contributed by atoms with Crippen molar-refractivity contribution in [1.82, 2.24) is 5.32 Å². The van der Waals surface area contributed by atoms with Crippen LogP contribution in [0.3, 0.4) is 0 Å². The molecular formula is C26H20ClN3O5. The molecule has 0 aromatic heterocycles. The first-order chi connectivity index (χ1) is 16.8. The standard InChI is InChI=1S/C26H20ClN3O5/c1-16-20(27)11-7-12-21(16)30-25(33)19(24(32)29-26(30)34)14-17-8-5-6-13-22(17)35-15-23(31)28-18-9-3-2-4-10-18/h2-14H,15H2,1H3,(H,28,31)(H,29,32,34)/b19-14+. The quantitative estimate of drug-likeness (QED) is 0.396. The minimum absolute atomic E-state index is 0.264. The highest BCUT2D eigenvalue weighted by Gasteiger charge is 2.37. The number of nitrogens with one attached hydrogen (secondary N) is 2. The Labute approximate surface area is 206 Å². The molecule has 0 unspecified atom stereocenters. The Hall–Kier alpha value is -4.43. The van der Waals surface area contributed by atoms with Gasteiger partial charge in [-0.2, -0.15) is 0 Å². The van der Waals surface area contributed by atoms with Crippen molar-refractivity contribution in [2.24, 2.45) is 0 Å². The number of hydrogen-bond donors (Lipinski definition) is 2. The molecule has 1 heterocycles. The molecule has 35 heavy (non-hydrogen) atoms. The van der Waals surface area contributed by atoms with Gasteiger partial charge >= 0.3 is 6.03 Å². The Morgan fingerprint density at radius 2 is 1.71 bits per heavy atom. The van der Waals surface area contributed by atoms with Gasteiger partial charge in [0.15, 0.2) is 6.61 Å². The Balaban J connectivity index is 1.58. The smallest absolute Gasteiger partial charge is 0.335 e. The van der Waals surface area contributed by atoms with E-state index in [2.05, 4.69) is 10.6 Å². The van der Waals surface area contributed by atoms with Crippen LogP contribution in [-0.4, -0.2) is 30.4 Å². The normalized spacial score (nSPS) is 14.6. The van der Waals surface area contributed by atoms with E-state index in [4.69, 9.17) is 16.3 Å². The molecular weight excluding hydrogens is 470 g/mol. The van der Waals surface area contributed by atoms with Crippen LogP contribution in [0.1, 0.15) is 11.1 Å². The van der Waals surface area contributed by atoms with Crippen molar-refractivity contribution < 1.29 is 23.9 Å². The van der Waals surface area contributed by atoms with Crippen LogP contribution in [0.5, 0.6) is 5.75 Å².